The monoisotopic (exact) mass is 233 g/mol. The molecular formula is C15H23NO. The van der Waals surface area contributed by atoms with Crippen LogP contribution in [-0.4, -0.2) is 12.1 Å². The van der Waals surface area contributed by atoms with Gasteiger partial charge in [0.25, 0.3) is 0 Å². The molecule has 0 aliphatic heterocycles. The Bertz CT molecular complexity index is 344. The summed E-state index contributed by atoms with van der Waals surface area (Å²) in [5.41, 5.74) is 7.57. The van der Waals surface area contributed by atoms with Crippen LogP contribution in [0.3, 0.4) is 0 Å². The lowest BCUT2D eigenvalue weighted by atomic mass is 9.80. The SMILES string of the molecule is CC(C)Oc1ccc(C2CCCCC2N)cc1. The summed E-state index contributed by atoms with van der Waals surface area (Å²) in [5, 5.41) is 0. The molecule has 0 bridgehead atoms. The molecule has 2 unspecified atom stereocenters. The van der Waals surface area contributed by atoms with Crippen molar-refractivity contribution in [3.63, 3.8) is 0 Å². The molecule has 17 heavy (non-hydrogen) atoms. The van der Waals surface area contributed by atoms with Crippen LogP contribution in [0, 0.1) is 0 Å². The van der Waals surface area contributed by atoms with Crippen LogP contribution in [0.25, 0.3) is 0 Å². The summed E-state index contributed by atoms with van der Waals surface area (Å²) in [6, 6.07) is 8.81. The second-order valence-corrected chi connectivity index (χ2v) is 5.29. The predicted molar refractivity (Wildman–Crippen MR) is 71.4 cm³/mol. The van der Waals surface area contributed by atoms with E-state index in [0.29, 0.717) is 12.0 Å². The zero-order valence-electron chi connectivity index (χ0n) is 10.9. The quantitative estimate of drug-likeness (QED) is 0.867. The molecule has 0 saturated heterocycles. The molecule has 1 aliphatic carbocycles. The Morgan fingerprint density at radius 1 is 1.12 bits per heavy atom. The fourth-order valence-corrected chi connectivity index (χ4v) is 2.64. The minimum absolute atomic E-state index is 0.234. The molecule has 0 radical (unpaired) electrons. The third kappa shape index (κ3) is 3.22. The van der Waals surface area contributed by atoms with Crippen molar-refractivity contribution in [2.75, 3.05) is 0 Å². The van der Waals surface area contributed by atoms with E-state index in [9.17, 15) is 0 Å². The largest absolute Gasteiger partial charge is 0.491 e. The maximum atomic E-state index is 6.20. The Kier molecular flexibility index (Phi) is 4.06. The molecular weight excluding hydrogens is 210 g/mol. The minimum atomic E-state index is 0.234. The van der Waals surface area contributed by atoms with Crippen LogP contribution in [0.2, 0.25) is 0 Å². The van der Waals surface area contributed by atoms with Crippen LogP contribution < -0.4 is 10.5 Å². The normalized spacial score (nSPS) is 24.9. The van der Waals surface area contributed by atoms with Gasteiger partial charge in [-0.2, -0.15) is 0 Å². The fraction of sp³-hybridized carbons (Fsp3) is 0.600. The molecule has 1 aliphatic rings. The highest BCUT2D eigenvalue weighted by Crippen LogP contribution is 2.32. The Hall–Kier alpha value is -1.02. The summed E-state index contributed by atoms with van der Waals surface area (Å²) >= 11 is 0. The Labute approximate surface area is 104 Å². The zero-order valence-corrected chi connectivity index (χ0v) is 10.9. The topological polar surface area (TPSA) is 35.2 Å². The number of hydrogen-bond acceptors (Lipinski definition) is 2. The van der Waals surface area contributed by atoms with Gasteiger partial charge in [-0.05, 0) is 50.3 Å². The van der Waals surface area contributed by atoms with Crippen molar-refractivity contribution in [2.45, 2.75) is 57.6 Å². The second kappa shape index (κ2) is 5.54. The first-order valence-corrected chi connectivity index (χ1v) is 6.69. The number of nitrogens with two attached hydrogens (primary N) is 1. The van der Waals surface area contributed by atoms with Crippen LogP contribution >= 0.6 is 0 Å². The highest BCUT2D eigenvalue weighted by Gasteiger charge is 2.23. The summed E-state index contributed by atoms with van der Waals surface area (Å²) in [4.78, 5) is 0. The standard InChI is InChI=1S/C15H23NO/c1-11(2)17-13-9-7-12(8-10-13)14-5-3-4-6-15(14)16/h7-11,14-15H,3-6,16H2,1-2H3. The average molecular weight is 233 g/mol. The van der Waals surface area contributed by atoms with Crippen molar-refractivity contribution in [2.24, 2.45) is 5.73 Å². The van der Waals surface area contributed by atoms with E-state index in [0.717, 1.165) is 12.2 Å². The molecule has 0 amide bonds. The van der Waals surface area contributed by atoms with Crippen LogP contribution in [0.1, 0.15) is 51.0 Å². The van der Waals surface area contributed by atoms with Gasteiger partial charge in [0.15, 0.2) is 0 Å². The van der Waals surface area contributed by atoms with Gasteiger partial charge < -0.3 is 10.5 Å². The van der Waals surface area contributed by atoms with Crippen molar-refractivity contribution >= 4 is 0 Å². The lowest BCUT2D eigenvalue weighted by Gasteiger charge is -2.29. The van der Waals surface area contributed by atoms with E-state index in [4.69, 9.17) is 10.5 Å². The molecule has 2 rings (SSSR count). The molecule has 2 nitrogen and oxygen atoms in total. The van der Waals surface area contributed by atoms with Crippen molar-refractivity contribution < 1.29 is 4.74 Å². The maximum absolute atomic E-state index is 6.20. The van der Waals surface area contributed by atoms with Crippen molar-refractivity contribution in [1.29, 1.82) is 0 Å². The highest BCUT2D eigenvalue weighted by molar-refractivity contribution is 5.30. The van der Waals surface area contributed by atoms with Crippen LogP contribution in [0.15, 0.2) is 24.3 Å². The van der Waals surface area contributed by atoms with E-state index in [-0.39, 0.29) is 6.10 Å². The van der Waals surface area contributed by atoms with Gasteiger partial charge in [-0.3, -0.25) is 0 Å². The smallest absolute Gasteiger partial charge is 0.119 e. The fourth-order valence-electron chi connectivity index (χ4n) is 2.64. The van der Waals surface area contributed by atoms with E-state index in [2.05, 4.69) is 24.3 Å². The van der Waals surface area contributed by atoms with Gasteiger partial charge in [-0.15, -0.1) is 0 Å². The van der Waals surface area contributed by atoms with Crippen LogP contribution in [0.4, 0.5) is 0 Å². The molecule has 2 N–H and O–H groups in total. The van der Waals surface area contributed by atoms with E-state index in [1.807, 2.05) is 13.8 Å². The second-order valence-electron chi connectivity index (χ2n) is 5.29. The van der Waals surface area contributed by atoms with Gasteiger partial charge >= 0.3 is 0 Å². The van der Waals surface area contributed by atoms with Crippen LogP contribution in [-0.2, 0) is 0 Å². The molecule has 0 spiro atoms. The summed E-state index contributed by atoms with van der Waals surface area (Å²) in [5.74, 6) is 1.49. The molecule has 0 aromatic heterocycles. The third-order valence-electron chi connectivity index (χ3n) is 3.50. The van der Waals surface area contributed by atoms with Crippen molar-refractivity contribution in [3.05, 3.63) is 29.8 Å². The molecule has 94 valence electrons. The summed E-state index contributed by atoms with van der Waals surface area (Å²) in [6.45, 7) is 4.09. The number of ether oxygens (including phenoxy) is 1. The molecule has 1 aromatic rings. The van der Waals surface area contributed by atoms with E-state index in [1.165, 1.54) is 24.8 Å². The zero-order chi connectivity index (χ0) is 12.3. The van der Waals surface area contributed by atoms with Gasteiger partial charge in [0.1, 0.15) is 5.75 Å². The molecule has 1 fully saturated rings. The van der Waals surface area contributed by atoms with E-state index in [1.54, 1.807) is 0 Å². The third-order valence-corrected chi connectivity index (χ3v) is 3.50. The van der Waals surface area contributed by atoms with Gasteiger partial charge in [0, 0.05) is 6.04 Å². The number of rotatable bonds is 3. The van der Waals surface area contributed by atoms with Crippen molar-refractivity contribution in [3.8, 4) is 5.75 Å². The van der Waals surface area contributed by atoms with Gasteiger partial charge in [0.2, 0.25) is 0 Å². The maximum Gasteiger partial charge on any atom is 0.119 e. The van der Waals surface area contributed by atoms with Crippen molar-refractivity contribution in [1.82, 2.24) is 0 Å². The average Bonchev–Trinajstić information content (AvgIpc) is 2.30. The first-order valence-electron chi connectivity index (χ1n) is 6.69. The van der Waals surface area contributed by atoms with Gasteiger partial charge in [-0.1, -0.05) is 25.0 Å². The minimum Gasteiger partial charge on any atom is -0.491 e. The molecule has 2 atom stereocenters. The Morgan fingerprint density at radius 2 is 1.76 bits per heavy atom. The first-order chi connectivity index (χ1) is 8.16. The number of benzene rings is 1. The highest BCUT2D eigenvalue weighted by atomic mass is 16.5. The summed E-state index contributed by atoms with van der Waals surface area (Å²) < 4.78 is 5.65. The Morgan fingerprint density at radius 3 is 2.35 bits per heavy atom. The first kappa shape index (κ1) is 12.4. The summed E-state index contributed by atoms with van der Waals surface area (Å²) in [7, 11) is 0. The van der Waals surface area contributed by atoms with Crippen LogP contribution in [0.5, 0.6) is 5.75 Å². The molecule has 2 heteroatoms. The summed E-state index contributed by atoms with van der Waals surface area (Å²) in [6.07, 6.45) is 5.22. The lowest BCUT2D eigenvalue weighted by Crippen LogP contribution is -2.31. The van der Waals surface area contributed by atoms with E-state index >= 15 is 0 Å². The van der Waals surface area contributed by atoms with E-state index < -0.39 is 0 Å². The lowest BCUT2D eigenvalue weighted by molar-refractivity contribution is 0.242. The molecule has 1 aromatic carbocycles. The predicted octanol–water partition coefficient (Wildman–Crippen LogP) is 3.46. The molecule has 1 saturated carbocycles. The number of hydrogen-bond donors (Lipinski definition) is 1. The van der Waals surface area contributed by atoms with Gasteiger partial charge in [-0.25, -0.2) is 0 Å². The molecule has 0 heterocycles. The van der Waals surface area contributed by atoms with Gasteiger partial charge in [0.05, 0.1) is 6.10 Å². The Balaban J connectivity index is 2.06.